The van der Waals surface area contributed by atoms with Crippen LogP contribution in [0, 0.1) is 11.8 Å². The zero-order valence-electron chi connectivity index (χ0n) is 10.8. The van der Waals surface area contributed by atoms with E-state index < -0.39 is 35.2 Å². The molecule has 1 aliphatic carbocycles. The number of hydrogen-bond donors (Lipinski definition) is 1. The number of fused-ring (bicyclic) bond motifs is 1. The number of likely N-dealkylation sites (tertiary alicyclic amines) is 1. The van der Waals surface area contributed by atoms with E-state index in [4.69, 9.17) is 9.84 Å². The van der Waals surface area contributed by atoms with Crippen LogP contribution in [0.3, 0.4) is 0 Å². The Morgan fingerprint density at radius 2 is 2.06 bits per heavy atom. The van der Waals surface area contributed by atoms with E-state index in [1.807, 2.05) is 0 Å². The molecule has 0 radical (unpaired) electrons. The highest BCUT2D eigenvalue weighted by molar-refractivity contribution is 5.78. The molecule has 102 valence electrons. The maximum absolute atomic E-state index is 14.3. The van der Waals surface area contributed by atoms with Crippen molar-refractivity contribution in [3.63, 3.8) is 0 Å². The maximum Gasteiger partial charge on any atom is 0.410 e. The van der Waals surface area contributed by atoms with Gasteiger partial charge in [0, 0.05) is 12.5 Å². The van der Waals surface area contributed by atoms with Gasteiger partial charge in [0.2, 0.25) is 0 Å². The molecule has 3 unspecified atom stereocenters. The Balaban J connectivity index is 1.99. The largest absolute Gasteiger partial charge is 0.481 e. The van der Waals surface area contributed by atoms with Gasteiger partial charge in [0.1, 0.15) is 11.3 Å². The van der Waals surface area contributed by atoms with Crippen molar-refractivity contribution in [3.05, 3.63) is 0 Å². The van der Waals surface area contributed by atoms with Crippen LogP contribution in [0.15, 0.2) is 0 Å². The average Bonchev–Trinajstić information content (AvgIpc) is 2.79. The van der Waals surface area contributed by atoms with Crippen LogP contribution >= 0.6 is 0 Å². The lowest BCUT2D eigenvalue weighted by Gasteiger charge is -2.31. The summed E-state index contributed by atoms with van der Waals surface area (Å²) < 4.78 is 19.4. The van der Waals surface area contributed by atoms with E-state index >= 15 is 0 Å². The zero-order chi connectivity index (χ0) is 13.7. The number of rotatable bonds is 1. The highest BCUT2D eigenvalue weighted by atomic mass is 19.1. The Hall–Kier alpha value is -1.33. The maximum atomic E-state index is 14.3. The highest BCUT2D eigenvalue weighted by Gasteiger charge is 2.72. The summed E-state index contributed by atoms with van der Waals surface area (Å²) in [6.07, 6.45) is -0.193. The third-order valence-corrected chi connectivity index (χ3v) is 3.49. The first-order valence-corrected chi connectivity index (χ1v) is 6.05. The molecule has 0 aromatic rings. The number of nitrogens with zero attached hydrogens (tertiary/aromatic N) is 1. The van der Waals surface area contributed by atoms with E-state index in [-0.39, 0.29) is 6.54 Å². The summed E-state index contributed by atoms with van der Waals surface area (Å²) in [7, 11) is 0. The summed E-state index contributed by atoms with van der Waals surface area (Å²) in [4.78, 5) is 23.9. The minimum absolute atomic E-state index is 0.177. The first-order valence-electron chi connectivity index (χ1n) is 6.05. The van der Waals surface area contributed by atoms with Gasteiger partial charge in [0.25, 0.3) is 0 Å². The van der Waals surface area contributed by atoms with Crippen LogP contribution in [0.5, 0.6) is 0 Å². The molecule has 0 aromatic heterocycles. The fourth-order valence-electron chi connectivity index (χ4n) is 2.63. The van der Waals surface area contributed by atoms with E-state index in [1.165, 1.54) is 4.90 Å². The van der Waals surface area contributed by atoms with Gasteiger partial charge in [0.15, 0.2) is 0 Å². The van der Waals surface area contributed by atoms with E-state index in [0.29, 0.717) is 13.0 Å². The topological polar surface area (TPSA) is 66.8 Å². The van der Waals surface area contributed by atoms with Gasteiger partial charge in [-0.25, -0.2) is 9.18 Å². The number of halogens is 1. The Labute approximate surface area is 105 Å². The van der Waals surface area contributed by atoms with E-state index in [0.717, 1.165) is 0 Å². The van der Waals surface area contributed by atoms with Crippen molar-refractivity contribution in [3.8, 4) is 0 Å². The summed E-state index contributed by atoms with van der Waals surface area (Å²) >= 11 is 0. The number of hydrogen-bond acceptors (Lipinski definition) is 3. The monoisotopic (exact) mass is 259 g/mol. The van der Waals surface area contributed by atoms with Gasteiger partial charge in [-0.05, 0) is 27.2 Å². The second-order valence-corrected chi connectivity index (χ2v) is 6.04. The van der Waals surface area contributed by atoms with Crippen molar-refractivity contribution in [1.82, 2.24) is 4.90 Å². The van der Waals surface area contributed by atoms with Crippen LogP contribution in [0.25, 0.3) is 0 Å². The molecular weight excluding hydrogens is 241 g/mol. The zero-order valence-corrected chi connectivity index (χ0v) is 10.8. The number of piperidine rings is 1. The molecule has 2 aliphatic rings. The number of carbonyl (C=O) groups is 2. The number of carboxylic acid groups (broad SMARTS) is 1. The number of alkyl halides is 1. The molecule has 0 bridgehead atoms. The Morgan fingerprint density at radius 3 is 2.56 bits per heavy atom. The SMILES string of the molecule is CC(C)(C)OC(=O)N1CCC2C(C(=O)O)C2(F)C1. The molecule has 1 saturated heterocycles. The number of carbonyl (C=O) groups excluding carboxylic acids is 1. The number of ether oxygens (including phenoxy) is 1. The lowest BCUT2D eigenvalue weighted by atomic mass is 10.1. The van der Waals surface area contributed by atoms with Crippen molar-refractivity contribution < 1.29 is 23.8 Å². The third kappa shape index (κ3) is 2.15. The molecule has 1 N–H and O–H groups in total. The summed E-state index contributed by atoms with van der Waals surface area (Å²) in [6, 6.07) is 0. The van der Waals surface area contributed by atoms with Gasteiger partial charge >= 0.3 is 12.1 Å². The van der Waals surface area contributed by atoms with E-state index in [2.05, 4.69) is 0 Å². The van der Waals surface area contributed by atoms with Crippen molar-refractivity contribution in [2.24, 2.45) is 11.8 Å². The van der Waals surface area contributed by atoms with Crippen LogP contribution in [0.1, 0.15) is 27.2 Å². The van der Waals surface area contributed by atoms with Crippen LogP contribution in [-0.2, 0) is 9.53 Å². The molecule has 1 aliphatic heterocycles. The standard InChI is InChI=1S/C12H18FNO4/c1-11(2,3)18-10(17)14-5-4-7-8(9(15)16)12(7,13)6-14/h7-8H,4-6H2,1-3H3,(H,15,16). The second kappa shape index (κ2) is 3.83. The van der Waals surface area contributed by atoms with Crippen LogP contribution in [0.4, 0.5) is 9.18 Å². The van der Waals surface area contributed by atoms with E-state index in [9.17, 15) is 14.0 Å². The predicted octanol–water partition coefficient (Wildman–Crippen LogP) is 1.67. The van der Waals surface area contributed by atoms with Crippen LogP contribution < -0.4 is 0 Å². The van der Waals surface area contributed by atoms with Crippen LogP contribution in [0.2, 0.25) is 0 Å². The molecule has 2 fully saturated rings. The van der Waals surface area contributed by atoms with Gasteiger partial charge in [0.05, 0.1) is 12.5 Å². The van der Waals surface area contributed by atoms with Gasteiger partial charge in [-0.3, -0.25) is 4.79 Å². The molecule has 5 nitrogen and oxygen atoms in total. The Bertz CT molecular complexity index is 392. The normalized spacial score (nSPS) is 34.8. The van der Waals surface area contributed by atoms with Crippen LogP contribution in [-0.4, -0.2) is 46.4 Å². The first kappa shape index (κ1) is 13.1. The fourth-order valence-corrected chi connectivity index (χ4v) is 2.63. The summed E-state index contributed by atoms with van der Waals surface area (Å²) in [5, 5.41) is 8.89. The first-order chi connectivity index (χ1) is 8.15. The van der Waals surface area contributed by atoms with Gasteiger partial charge in [-0.15, -0.1) is 0 Å². The number of carboxylic acids is 1. The molecule has 18 heavy (non-hydrogen) atoms. The van der Waals surface area contributed by atoms with Crippen molar-refractivity contribution in [2.75, 3.05) is 13.1 Å². The molecule has 1 heterocycles. The second-order valence-electron chi connectivity index (χ2n) is 6.04. The number of aliphatic carboxylic acids is 1. The van der Waals surface area contributed by atoms with Gasteiger partial charge in [-0.2, -0.15) is 0 Å². The lowest BCUT2D eigenvalue weighted by molar-refractivity contribution is -0.139. The smallest absolute Gasteiger partial charge is 0.410 e. The fraction of sp³-hybridized carbons (Fsp3) is 0.833. The van der Waals surface area contributed by atoms with Gasteiger partial charge < -0.3 is 14.7 Å². The highest BCUT2D eigenvalue weighted by Crippen LogP contribution is 2.58. The molecule has 0 aromatic carbocycles. The number of amides is 1. The molecule has 1 saturated carbocycles. The average molecular weight is 259 g/mol. The van der Waals surface area contributed by atoms with E-state index in [1.54, 1.807) is 20.8 Å². The third-order valence-electron chi connectivity index (χ3n) is 3.49. The molecule has 1 amide bonds. The van der Waals surface area contributed by atoms with Crippen molar-refractivity contribution >= 4 is 12.1 Å². The minimum Gasteiger partial charge on any atom is -0.481 e. The lowest BCUT2D eigenvalue weighted by Crippen LogP contribution is -2.44. The van der Waals surface area contributed by atoms with Crippen molar-refractivity contribution in [2.45, 2.75) is 38.5 Å². The summed E-state index contributed by atoms with van der Waals surface area (Å²) in [5.41, 5.74) is -2.39. The Morgan fingerprint density at radius 1 is 1.44 bits per heavy atom. The minimum atomic E-state index is -1.76. The van der Waals surface area contributed by atoms with Crippen molar-refractivity contribution in [1.29, 1.82) is 0 Å². The molecular formula is C12H18FNO4. The predicted molar refractivity (Wildman–Crippen MR) is 60.9 cm³/mol. The molecule has 2 rings (SSSR count). The van der Waals surface area contributed by atoms with Gasteiger partial charge in [-0.1, -0.05) is 0 Å². The molecule has 6 heteroatoms. The molecule has 0 spiro atoms. The Kier molecular flexibility index (Phi) is 2.79. The summed E-state index contributed by atoms with van der Waals surface area (Å²) in [5.74, 6) is -2.54. The molecule has 3 atom stereocenters. The quantitative estimate of drug-likeness (QED) is 0.777. The summed E-state index contributed by atoms with van der Waals surface area (Å²) in [6.45, 7) is 5.39.